The maximum Gasteiger partial charge on any atom is 0.201 e. The Morgan fingerprint density at radius 3 is 1.38 bits per heavy atom. The zero-order valence-electron chi connectivity index (χ0n) is 24.7. The predicted octanol–water partition coefficient (Wildman–Crippen LogP) is 5.35. The Morgan fingerprint density at radius 1 is 0.525 bits per heavy atom. The van der Waals surface area contributed by atoms with Crippen LogP contribution in [0.4, 0.5) is 0 Å². The summed E-state index contributed by atoms with van der Waals surface area (Å²) in [6, 6.07) is 0. The highest BCUT2D eigenvalue weighted by molar-refractivity contribution is 5.10. The zero-order valence-corrected chi connectivity index (χ0v) is 24.7. The lowest BCUT2D eigenvalue weighted by Crippen LogP contribution is -2.71. The molecule has 0 aromatic heterocycles. The van der Waals surface area contributed by atoms with Gasteiger partial charge in [0.25, 0.3) is 0 Å². The second-order valence-corrected chi connectivity index (χ2v) is 14.7. The van der Waals surface area contributed by atoms with Crippen molar-refractivity contribution in [2.45, 2.75) is 141 Å². The molecule has 10 nitrogen and oxygen atoms in total. The van der Waals surface area contributed by atoms with E-state index in [1.165, 1.54) is 0 Å². The molecule has 2 aliphatic carbocycles. The molecular weight excluding hydrogens is 520 g/mol. The van der Waals surface area contributed by atoms with E-state index in [4.69, 9.17) is 48.3 Å². The van der Waals surface area contributed by atoms with E-state index in [0.717, 1.165) is 51.4 Å². The molecule has 4 unspecified atom stereocenters. The first kappa shape index (κ1) is 27.2. The lowest BCUT2D eigenvalue weighted by Gasteiger charge is -2.60. The first-order valence-corrected chi connectivity index (χ1v) is 15.8. The van der Waals surface area contributed by atoms with E-state index < -0.39 is 47.9 Å². The van der Waals surface area contributed by atoms with Gasteiger partial charge in [0.05, 0.1) is 0 Å². The van der Waals surface area contributed by atoms with Crippen LogP contribution >= 0.6 is 0 Å². The van der Waals surface area contributed by atoms with Gasteiger partial charge in [-0.15, -0.1) is 0 Å². The lowest BCUT2D eigenvalue weighted by atomic mass is 9.58. The van der Waals surface area contributed by atoms with Crippen LogP contribution in [0.25, 0.3) is 0 Å². The van der Waals surface area contributed by atoms with Gasteiger partial charge in [-0.3, -0.25) is 0 Å². The molecule has 0 radical (unpaired) electrons. The summed E-state index contributed by atoms with van der Waals surface area (Å²) in [6.07, 6.45) is 5.35. The van der Waals surface area contributed by atoms with Crippen molar-refractivity contribution in [3.63, 3.8) is 0 Å². The molecule has 8 aliphatic heterocycles. The lowest BCUT2D eigenvalue weighted by molar-refractivity contribution is -0.603. The van der Waals surface area contributed by atoms with E-state index in [1.807, 2.05) is 13.8 Å². The van der Waals surface area contributed by atoms with Gasteiger partial charge >= 0.3 is 0 Å². The fraction of sp³-hybridized carbons (Fsp3) is 1.00. The smallest absolute Gasteiger partial charge is 0.201 e. The molecule has 16 atom stereocenters. The van der Waals surface area contributed by atoms with Gasteiger partial charge in [-0.2, -0.15) is 0 Å². The monoisotopic (exact) mass is 566 g/mol. The standard InChI is InChI=1S/C30H46O10/c1-15-7-9-21-17(3)23(31-25-29(21)19(15)11-13-27(5,33-25)37-39-29)35-36-24-18(4)22-10-8-16(2)20-12-14-28(6)34-26(32-24)30(20,22)40-38-28/h15-26H,7-14H2,1-6H3/t15-,16-,17?,18?,19+,20+,21+,22+,23?,24?,25-,26-,27-,28-,29-,30-/m1/s1. The second-order valence-electron chi connectivity index (χ2n) is 14.7. The molecule has 10 rings (SSSR count). The van der Waals surface area contributed by atoms with Crippen LogP contribution in [0.15, 0.2) is 0 Å². The summed E-state index contributed by atoms with van der Waals surface area (Å²) in [5, 5.41) is 0. The quantitative estimate of drug-likeness (QED) is 0.329. The molecule has 0 aromatic carbocycles. The van der Waals surface area contributed by atoms with Crippen molar-refractivity contribution in [3.8, 4) is 0 Å². The average molecular weight is 567 g/mol. The van der Waals surface area contributed by atoms with Crippen LogP contribution in [0.2, 0.25) is 0 Å². The molecule has 10 heteroatoms. The third kappa shape index (κ3) is 3.58. The van der Waals surface area contributed by atoms with Crippen molar-refractivity contribution in [1.82, 2.24) is 0 Å². The van der Waals surface area contributed by atoms with Crippen LogP contribution in [0, 0.1) is 47.3 Å². The van der Waals surface area contributed by atoms with Gasteiger partial charge in [-0.1, -0.05) is 27.7 Å². The Bertz CT molecular complexity index is 935. The van der Waals surface area contributed by atoms with Crippen molar-refractivity contribution in [2.75, 3.05) is 0 Å². The van der Waals surface area contributed by atoms with E-state index >= 15 is 0 Å². The highest BCUT2D eigenvalue weighted by Gasteiger charge is 2.71. The van der Waals surface area contributed by atoms with Gasteiger partial charge in [-0.25, -0.2) is 29.3 Å². The molecule has 0 aromatic rings. The van der Waals surface area contributed by atoms with Crippen molar-refractivity contribution in [2.24, 2.45) is 47.3 Å². The molecule has 4 bridgehead atoms. The van der Waals surface area contributed by atoms with Crippen molar-refractivity contribution < 1.29 is 48.3 Å². The van der Waals surface area contributed by atoms with Crippen molar-refractivity contribution in [3.05, 3.63) is 0 Å². The van der Waals surface area contributed by atoms with Crippen molar-refractivity contribution in [1.29, 1.82) is 0 Å². The molecule has 226 valence electrons. The fourth-order valence-corrected chi connectivity index (χ4v) is 10.1. The Morgan fingerprint density at radius 2 is 0.950 bits per heavy atom. The SMILES string of the molecule is CC1C(OOC2O[C@@H]3O[C@@]4(C)CC[C@H]5[C@H](C)CC[C@@H](C2C)[C@@]35OO4)O[C@@H]2O[C@@]3(C)CC[C@H]4[C@H](C)CC[C@@H]1[C@@]24OO3. The van der Waals surface area contributed by atoms with Gasteiger partial charge in [0, 0.05) is 36.5 Å². The first-order valence-electron chi connectivity index (χ1n) is 15.8. The normalized spacial score (nSPS) is 62.2. The van der Waals surface area contributed by atoms with E-state index in [1.54, 1.807) is 0 Å². The van der Waals surface area contributed by atoms with Gasteiger partial charge in [0.1, 0.15) is 0 Å². The predicted molar refractivity (Wildman–Crippen MR) is 136 cm³/mol. The number of rotatable bonds is 3. The third-order valence-corrected chi connectivity index (χ3v) is 12.4. The van der Waals surface area contributed by atoms with E-state index in [-0.39, 0.29) is 23.7 Å². The molecule has 0 N–H and O–H groups in total. The summed E-state index contributed by atoms with van der Waals surface area (Å²) in [4.78, 5) is 36.8. The Labute approximate surface area is 236 Å². The highest BCUT2D eigenvalue weighted by atomic mass is 17.3. The van der Waals surface area contributed by atoms with Crippen LogP contribution in [0.3, 0.4) is 0 Å². The molecule has 2 spiro atoms. The molecule has 10 aliphatic rings. The zero-order chi connectivity index (χ0) is 27.7. The van der Waals surface area contributed by atoms with Gasteiger partial charge < -0.3 is 18.9 Å². The summed E-state index contributed by atoms with van der Waals surface area (Å²) in [7, 11) is 0. The molecular formula is C30H46O10. The fourth-order valence-electron chi connectivity index (χ4n) is 10.1. The van der Waals surface area contributed by atoms with E-state index in [9.17, 15) is 0 Å². The van der Waals surface area contributed by atoms with Crippen LogP contribution in [0.5, 0.6) is 0 Å². The van der Waals surface area contributed by atoms with E-state index in [2.05, 4.69) is 27.7 Å². The minimum Gasteiger partial charge on any atom is -0.317 e. The number of ether oxygens (including phenoxy) is 4. The maximum atomic E-state index is 6.56. The number of hydrogen-bond acceptors (Lipinski definition) is 10. The van der Waals surface area contributed by atoms with Crippen LogP contribution in [-0.4, -0.2) is 47.9 Å². The summed E-state index contributed by atoms with van der Waals surface area (Å²) in [6.45, 7) is 12.8. The maximum absolute atomic E-state index is 6.56. The Hall–Kier alpha value is -0.400. The number of hydrogen-bond donors (Lipinski definition) is 0. The second kappa shape index (κ2) is 9.06. The van der Waals surface area contributed by atoms with Crippen molar-refractivity contribution >= 4 is 0 Å². The molecule has 10 fully saturated rings. The first-order chi connectivity index (χ1) is 19.1. The van der Waals surface area contributed by atoms with Gasteiger partial charge in [-0.05, 0) is 76.0 Å². The molecule has 40 heavy (non-hydrogen) atoms. The topological polar surface area (TPSA) is 92.3 Å². The largest absolute Gasteiger partial charge is 0.317 e. The average Bonchev–Trinajstić information content (AvgIpc) is 3.30. The molecule has 0 amide bonds. The van der Waals surface area contributed by atoms with Gasteiger partial charge in [0.2, 0.25) is 11.6 Å². The Kier molecular flexibility index (Phi) is 6.16. The van der Waals surface area contributed by atoms with E-state index in [0.29, 0.717) is 23.7 Å². The minimum atomic E-state index is -0.832. The highest BCUT2D eigenvalue weighted by Crippen LogP contribution is 2.62. The molecule has 8 saturated heterocycles. The summed E-state index contributed by atoms with van der Waals surface area (Å²) in [5.74, 6) is 0.274. The van der Waals surface area contributed by atoms with Crippen LogP contribution in [0.1, 0.15) is 92.9 Å². The summed E-state index contributed by atoms with van der Waals surface area (Å²) in [5.41, 5.74) is -1.27. The molecule has 2 saturated carbocycles. The summed E-state index contributed by atoms with van der Waals surface area (Å²) >= 11 is 0. The van der Waals surface area contributed by atoms with Crippen LogP contribution in [-0.2, 0) is 48.3 Å². The molecule has 8 heterocycles. The summed E-state index contributed by atoms with van der Waals surface area (Å²) < 4.78 is 26.1. The Balaban J connectivity index is 1.03. The van der Waals surface area contributed by atoms with Gasteiger partial charge in [0.15, 0.2) is 36.4 Å². The third-order valence-electron chi connectivity index (χ3n) is 12.4. The minimum absolute atomic E-state index is 0.00634. The number of fused-ring (bicyclic) bond motifs is 4. The van der Waals surface area contributed by atoms with Crippen LogP contribution < -0.4 is 0 Å².